The van der Waals surface area contributed by atoms with E-state index in [-0.39, 0.29) is 22.8 Å². The molecular formula is C41H36N6O2. The average Bonchev–Trinajstić information content (AvgIpc) is 3.10. The highest BCUT2D eigenvalue weighted by Gasteiger charge is 2.45. The SMILES string of the molecule is [C-]#[N+]C(=C=N)C1=C(c2c(O)cc(NC)c3c(N(C)C)c4ccccc4cc23)C(=O)C1c1ccc(N(C)C)c2c(NC)c3ccccc3cc12. The monoisotopic (exact) mass is 644 g/mol. The number of phenolic OH excluding ortho intramolecular Hbond substituents is 1. The molecule has 6 aromatic rings. The van der Waals surface area contributed by atoms with Crippen molar-refractivity contribution in [1.82, 2.24) is 0 Å². The van der Waals surface area contributed by atoms with Crippen LogP contribution < -0.4 is 20.4 Å². The van der Waals surface area contributed by atoms with Gasteiger partial charge in [0.2, 0.25) is 0 Å². The lowest BCUT2D eigenvalue weighted by molar-refractivity contribution is -0.115. The van der Waals surface area contributed by atoms with Crippen LogP contribution in [0.1, 0.15) is 17.0 Å². The van der Waals surface area contributed by atoms with Crippen LogP contribution in [0.4, 0.5) is 22.7 Å². The largest absolute Gasteiger partial charge is 0.507 e. The number of rotatable bonds is 7. The number of phenols is 1. The van der Waals surface area contributed by atoms with Crippen LogP contribution in [0.15, 0.2) is 90.1 Å². The first-order chi connectivity index (χ1) is 23.7. The summed E-state index contributed by atoms with van der Waals surface area (Å²) in [5.74, 6) is 1.19. The predicted octanol–water partition coefficient (Wildman–Crippen LogP) is 8.39. The third-order valence-electron chi connectivity index (χ3n) is 9.70. The summed E-state index contributed by atoms with van der Waals surface area (Å²) < 4.78 is 0. The van der Waals surface area contributed by atoms with Crippen LogP contribution in [-0.2, 0) is 4.79 Å². The maximum absolute atomic E-state index is 14.8. The standard InChI is InChI=1S/C41H36N6O2/c1-43-29-20-32(48)35(28-19-23-13-9-11-15-25(23)40(33(28)29)47(6)7)38-37(30(21-42)44-2)36(41(38)49)26-16-17-31(46(4)5)34-27(26)18-22-12-8-10-14-24(22)39(34)45-3/h8-20,36,42-43,45,48H,1,3-7H3. The molecule has 1 atom stereocenters. The fraction of sp³-hybridized carbons (Fsp3) is 0.171. The maximum atomic E-state index is 14.8. The minimum absolute atomic E-state index is 0.0575. The molecule has 0 saturated heterocycles. The lowest BCUT2D eigenvalue weighted by Gasteiger charge is -2.35. The van der Waals surface area contributed by atoms with Crippen molar-refractivity contribution in [2.24, 2.45) is 0 Å². The number of carbonyl (C=O) groups is 1. The highest BCUT2D eigenvalue weighted by Crippen LogP contribution is 2.55. The van der Waals surface area contributed by atoms with Gasteiger partial charge >= 0.3 is 0 Å². The Morgan fingerprint density at radius 2 is 1.49 bits per heavy atom. The summed E-state index contributed by atoms with van der Waals surface area (Å²) in [7, 11) is 11.6. The molecule has 8 heteroatoms. The Morgan fingerprint density at radius 3 is 2.10 bits per heavy atom. The van der Waals surface area contributed by atoms with E-state index in [1.165, 1.54) is 0 Å². The van der Waals surface area contributed by atoms with Crippen molar-refractivity contribution >= 4 is 83.1 Å². The smallest absolute Gasteiger partial charge is 0.251 e. The topological polar surface area (TPSA) is 96.0 Å². The number of aromatic hydroxyl groups is 1. The molecule has 242 valence electrons. The molecule has 1 unspecified atom stereocenters. The van der Waals surface area contributed by atoms with E-state index in [1.54, 1.807) is 13.1 Å². The van der Waals surface area contributed by atoms with E-state index in [0.717, 1.165) is 60.3 Å². The van der Waals surface area contributed by atoms with Crippen molar-refractivity contribution < 1.29 is 9.90 Å². The molecule has 49 heavy (non-hydrogen) atoms. The summed E-state index contributed by atoms with van der Waals surface area (Å²) in [6, 6.07) is 25.9. The maximum Gasteiger partial charge on any atom is 0.251 e. The van der Waals surface area contributed by atoms with E-state index in [9.17, 15) is 9.90 Å². The zero-order chi connectivity index (χ0) is 34.7. The molecule has 0 fully saturated rings. The second-order valence-corrected chi connectivity index (χ2v) is 12.7. The summed E-state index contributed by atoms with van der Waals surface area (Å²) >= 11 is 0. The van der Waals surface area contributed by atoms with Crippen LogP contribution >= 0.6 is 0 Å². The minimum atomic E-state index is -0.839. The molecule has 0 radical (unpaired) electrons. The molecule has 1 aliphatic carbocycles. The number of anilines is 4. The van der Waals surface area contributed by atoms with Crippen LogP contribution in [0.5, 0.6) is 5.75 Å². The molecule has 0 bridgehead atoms. The zero-order valence-electron chi connectivity index (χ0n) is 28.3. The summed E-state index contributed by atoms with van der Waals surface area (Å²) in [6.07, 6.45) is 0. The normalized spacial score (nSPS) is 14.1. The Balaban J connectivity index is 1.61. The van der Waals surface area contributed by atoms with Crippen molar-refractivity contribution in [3.8, 4) is 5.75 Å². The second-order valence-electron chi connectivity index (χ2n) is 12.7. The van der Waals surface area contributed by atoms with Gasteiger partial charge in [-0.2, -0.15) is 0 Å². The summed E-state index contributed by atoms with van der Waals surface area (Å²) in [4.78, 5) is 22.6. The molecule has 4 N–H and O–H groups in total. The number of carbonyl (C=O) groups excluding carboxylic acids is 1. The fourth-order valence-corrected chi connectivity index (χ4v) is 7.65. The molecular weight excluding hydrogens is 608 g/mol. The number of nitrogens with one attached hydrogen (secondary N) is 3. The van der Waals surface area contributed by atoms with Crippen LogP contribution in [0.3, 0.4) is 0 Å². The van der Waals surface area contributed by atoms with Gasteiger partial charge in [0, 0.05) is 92.4 Å². The zero-order valence-corrected chi connectivity index (χ0v) is 28.3. The number of benzene rings is 6. The second kappa shape index (κ2) is 11.7. The number of ketones is 1. The van der Waals surface area contributed by atoms with E-state index >= 15 is 0 Å². The molecule has 0 saturated carbocycles. The van der Waals surface area contributed by atoms with Crippen molar-refractivity contribution in [2.45, 2.75) is 5.92 Å². The van der Waals surface area contributed by atoms with Gasteiger partial charge in [-0.3, -0.25) is 10.2 Å². The third-order valence-corrected chi connectivity index (χ3v) is 9.70. The van der Waals surface area contributed by atoms with Crippen molar-refractivity contribution in [2.75, 3.05) is 62.7 Å². The molecule has 0 aliphatic heterocycles. The van der Waals surface area contributed by atoms with Gasteiger partial charge in [-0.1, -0.05) is 54.6 Å². The average molecular weight is 645 g/mol. The van der Waals surface area contributed by atoms with Gasteiger partial charge in [0.05, 0.1) is 23.9 Å². The quantitative estimate of drug-likeness (QED) is 0.0792. The van der Waals surface area contributed by atoms with Crippen molar-refractivity contribution in [3.05, 3.63) is 113 Å². The number of Topliss-reactive ketones (excluding diaryl/α,β-unsaturated/α-hetero) is 1. The molecule has 0 aromatic heterocycles. The number of allylic oxidation sites excluding steroid dienone is 2. The molecule has 8 nitrogen and oxygen atoms in total. The van der Waals surface area contributed by atoms with E-state index in [4.69, 9.17) is 12.0 Å². The first-order valence-corrected chi connectivity index (χ1v) is 16.0. The van der Waals surface area contributed by atoms with Gasteiger partial charge in [-0.25, -0.2) is 4.85 Å². The first-order valence-electron chi connectivity index (χ1n) is 16.0. The fourth-order valence-electron chi connectivity index (χ4n) is 7.65. The Hall–Kier alpha value is -6.29. The Bertz CT molecular complexity index is 2530. The number of nitrogens with zero attached hydrogens (tertiary/aromatic N) is 3. The lowest BCUT2D eigenvalue weighted by Crippen LogP contribution is -2.30. The van der Waals surface area contributed by atoms with Gasteiger partial charge in [0.15, 0.2) is 5.78 Å². The van der Waals surface area contributed by atoms with Gasteiger partial charge in [0.25, 0.3) is 5.70 Å². The van der Waals surface area contributed by atoms with Crippen LogP contribution in [0.25, 0.3) is 53.5 Å². The van der Waals surface area contributed by atoms with Gasteiger partial charge in [0.1, 0.15) is 5.75 Å². The molecule has 0 amide bonds. The Kier molecular flexibility index (Phi) is 7.51. The number of hydrogen-bond donors (Lipinski definition) is 4. The van der Waals surface area contributed by atoms with Crippen LogP contribution in [0.2, 0.25) is 0 Å². The number of fused-ring (bicyclic) bond motifs is 4. The van der Waals surface area contributed by atoms with Gasteiger partial charge in [-0.15, -0.1) is 0 Å². The summed E-state index contributed by atoms with van der Waals surface area (Å²) in [5.41, 5.74) is 5.23. The van der Waals surface area contributed by atoms with E-state index in [1.807, 2.05) is 88.7 Å². The minimum Gasteiger partial charge on any atom is -0.507 e. The summed E-state index contributed by atoms with van der Waals surface area (Å²) in [6.45, 7) is 8.07. The Morgan fingerprint density at radius 1 is 0.837 bits per heavy atom. The third kappa shape index (κ3) is 4.51. The molecule has 1 aliphatic rings. The van der Waals surface area contributed by atoms with E-state index < -0.39 is 5.92 Å². The Labute approximate surface area is 284 Å². The molecule has 0 spiro atoms. The molecule has 7 rings (SSSR count). The van der Waals surface area contributed by atoms with Crippen LogP contribution in [0, 0.1) is 12.0 Å². The predicted molar refractivity (Wildman–Crippen MR) is 205 cm³/mol. The van der Waals surface area contributed by atoms with Crippen molar-refractivity contribution in [3.63, 3.8) is 0 Å². The highest BCUT2D eigenvalue weighted by molar-refractivity contribution is 6.38. The van der Waals surface area contributed by atoms with Crippen molar-refractivity contribution in [1.29, 1.82) is 5.41 Å². The number of hydrogen-bond acceptors (Lipinski definition) is 7. The van der Waals surface area contributed by atoms with E-state index in [0.29, 0.717) is 22.2 Å². The van der Waals surface area contributed by atoms with Gasteiger partial charge in [-0.05, 0) is 56.8 Å². The molecule has 0 heterocycles. The van der Waals surface area contributed by atoms with E-state index in [2.05, 4.69) is 50.5 Å². The van der Waals surface area contributed by atoms with Gasteiger partial charge < -0.3 is 25.5 Å². The summed E-state index contributed by atoms with van der Waals surface area (Å²) in [5, 5.41) is 33.9. The first kappa shape index (κ1) is 31.3. The lowest BCUT2D eigenvalue weighted by atomic mass is 9.67. The molecule has 6 aromatic carbocycles. The highest BCUT2D eigenvalue weighted by atomic mass is 16.3. The van der Waals surface area contributed by atoms with Crippen LogP contribution in [-0.4, -0.2) is 59.0 Å².